The molecule has 0 atom stereocenters. The summed E-state index contributed by atoms with van der Waals surface area (Å²) in [6.07, 6.45) is 0. The van der Waals surface area contributed by atoms with Crippen LogP contribution in [0, 0.1) is 0 Å². The molecule has 0 unspecified atom stereocenters. The minimum Gasteiger partial charge on any atom is -1.00 e. The first-order valence-corrected chi connectivity index (χ1v) is 4.19. The second-order valence-electron chi connectivity index (χ2n) is 0.896. The summed E-state index contributed by atoms with van der Waals surface area (Å²) in [7, 11) is -9.33. The molecule has 4 N–H and O–H groups in total. The zero-order chi connectivity index (χ0) is 9.00. The van der Waals surface area contributed by atoms with Crippen LogP contribution in [0.2, 0.25) is 0 Å². The topological polar surface area (TPSA) is 149 Å². The Hall–Kier alpha value is 1.03. The van der Waals surface area contributed by atoms with Gasteiger partial charge in [-0.15, -0.1) is 0 Å². The van der Waals surface area contributed by atoms with Gasteiger partial charge in [-0.2, -0.15) is 16.8 Å². The molecule has 12 heteroatoms. The van der Waals surface area contributed by atoms with Crippen LogP contribution in [0.25, 0.3) is 0 Å². The quantitative estimate of drug-likeness (QED) is 0.311. The fourth-order valence-corrected chi connectivity index (χ4v) is 0. The van der Waals surface area contributed by atoms with Crippen molar-refractivity contribution in [2.45, 2.75) is 0 Å². The molecule has 0 aliphatic heterocycles. The number of rotatable bonds is 0. The van der Waals surface area contributed by atoms with Crippen molar-refractivity contribution in [3.63, 3.8) is 0 Å². The average Bonchev–Trinajstić information content (AvgIpc) is 1.12. The molecular formula is H6CuMgO8S2. The van der Waals surface area contributed by atoms with Crippen molar-refractivity contribution in [2.75, 3.05) is 0 Å². The summed E-state index contributed by atoms with van der Waals surface area (Å²) in [6.45, 7) is 0. The molecule has 0 aromatic rings. The molecule has 0 saturated carbocycles. The van der Waals surface area contributed by atoms with Gasteiger partial charge in [-0.3, -0.25) is 18.2 Å². The molecule has 0 rings (SSSR count). The molecular weight excluding hydrogens is 280 g/mol. The summed E-state index contributed by atoms with van der Waals surface area (Å²) in [5.74, 6) is 0. The van der Waals surface area contributed by atoms with Gasteiger partial charge < -0.3 is 2.85 Å². The summed E-state index contributed by atoms with van der Waals surface area (Å²) in [6, 6.07) is 0. The van der Waals surface area contributed by atoms with E-state index in [0.717, 1.165) is 0 Å². The van der Waals surface area contributed by atoms with E-state index in [4.69, 9.17) is 35.0 Å². The van der Waals surface area contributed by atoms with E-state index in [1.54, 1.807) is 0 Å². The summed E-state index contributed by atoms with van der Waals surface area (Å²) in [5.41, 5.74) is 0. The molecule has 0 bridgehead atoms. The Morgan fingerprint density at radius 2 is 0.750 bits per heavy atom. The van der Waals surface area contributed by atoms with Crippen molar-refractivity contribution in [1.82, 2.24) is 0 Å². The Morgan fingerprint density at radius 3 is 0.750 bits per heavy atom. The predicted molar refractivity (Wildman–Crippen MR) is 36.3 cm³/mol. The molecule has 0 aliphatic carbocycles. The maximum absolute atomic E-state index is 8.74. The molecule has 0 aliphatic rings. The molecule has 0 amide bonds. The Kier molecular flexibility index (Phi) is 16.6. The van der Waals surface area contributed by atoms with Gasteiger partial charge in [-0.1, -0.05) is 0 Å². The largest absolute Gasteiger partial charge is 2.00 e. The second-order valence-corrected chi connectivity index (χ2v) is 2.69. The van der Waals surface area contributed by atoms with E-state index in [2.05, 4.69) is 0 Å². The predicted octanol–water partition coefficient (Wildman–Crippen LogP) is -1.46. The van der Waals surface area contributed by atoms with Crippen LogP contribution in [0.15, 0.2) is 0 Å². The van der Waals surface area contributed by atoms with Gasteiger partial charge in [-0.05, 0) is 0 Å². The Bertz CT molecular complexity index is 222. The van der Waals surface area contributed by atoms with E-state index in [1.165, 1.54) is 0 Å². The molecule has 0 fully saturated rings. The van der Waals surface area contributed by atoms with E-state index < -0.39 is 20.8 Å². The normalized spacial score (nSPS) is 9.67. The van der Waals surface area contributed by atoms with Crippen LogP contribution in [0.1, 0.15) is 2.85 Å². The second kappa shape index (κ2) is 8.62. The third kappa shape index (κ3) is 1050. The van der Waals surface area contributed by atoms with Crippen molar-refractivity contribution in [2.24, 2.45) is 0 Å². The summed E-state index contributed by atoms with van der Waals surface area (Å²) in [5, 5.41) is 0. The van der Waals surface area contributed by atoms with Crippen molar-refractivity contribution >= 4 is 43.9 Å². The zero-order valence-electron chi connectivity index (χ0n) is 7.25. The van der Waals surface area contributed by atoms with Gasteiger partial charge in [-0.25, -0.2) is 0 Å². The molecule has 8 nitrogen and oxygen atoms in total. The third-order valence-corrected chi connectivity index (χ3v) is 0. The maximum Gasteiger partial charge on any atom is 2.00 e. The molecule has 0 spiro atoms. The monoisotopic (exact) mass is 285 g/mol. The minimum atomic E-state index is -4.67. The van der Waals surface area contributed by atoms with Crippen LogP contribution in [0.4, 0.5) is 0 Å². The van der Waals surface area contributed by atoms with E-state index >= 15 is 0 Å². The van der Waals surface area contributed by atoms with Crippen LogP contribution < -0.4 is 0 Å². The first kappa shape index (κ1) is 23.1. The molecule has 0 aromatic carbocycles. The first-order valence-electron chi connectivity index (χ1n) is 1.40. The van der Waals surface area contributed by atoms with Gasteiger partial charge in [0.25, 0.3) is 0 Å². The van der Waals surface area contributed by atoms with Crippen LogP contribution >= 0.6 is 0 Å². The van der Waals surface area contributed by atoms with Gasteiger partial charge in [0, 0.05) is 17.1 Å². The van der Waals surface area contributed by atoms with Crippen molar-refractivity contribution in [3.8, 4) is 0 Å². The minimum absolute atomic E-state index is 0. The molecule has 1 radical (unpaired) electrons. The maximum atomic E-state index is 8.74. The van der Waals surface area contributed by atoms with E-state index in [0.29, 0.717) is 0 Å². The first-order chi connectivity index (χ1) is 4.00. The molecule has 12 heavy (non-hydrogen) atoms. The Balaban J connectivity index is -0.0000000178. The fourth-order valence-electron chi connectivity index (χ4n) is 0. The van der Waals surface area contributed by atoms with Crippen molar-refractivity contribution in [1.29, 1.82) is 0 Å². The van der Waals surface area contributed by atoms with E-state index in [1.807, 2.05) is 0 Å². The molecule has 0 heterocycles. The fraction of sp³-hybridized carbons (Fsp3) is 0. The number of hydrogen-bond acceptors (Lipinski definition) is 4. The Morgan fingerprint density at radius 1 is 0.750 bits per heavy atom. The van der Waals surface area contributed by atoms with Crippen molar-refractivity contribution < 1.29 is 55.0 Å². The summed E-state index contributed by atoms with van der Waals surface area (Å²) < 4.78 is 63.2. The SMILES string of the molecule is O=S(=O)(O)O.O=S(=O)(O)O.[Cu].[H-].[H-].[Mg+2]. The summed E-state index contributed by atoms with van der Waals surface area (Å²) in [4.78, 5) is 0. The van der Waals surface area contributed by atoms with E-state index in [-0.39, 0.29) is 43.0 Å². The van der Waals surface area contributed by atoms with Gasteiger partial charge in [0.15, 0.2) is 0 Å². The molecule has 0 aromatic heterocycles. The van der Waals surface area contributed by atoms with Crippen LogP contribution in [-0.2, 0) is 37.9 Å². The molecule has 79 valence electrons. The zero-order valence-corrected chi connectivity index (χ0v) is 9.24. The Labute approximate surface area is 98.5 Å². The van der Waals surface area contributed by atoms with Gasteiger partial charge in [0.05, 0.1) is 0 Å². The van der Waals surface area contributed by atoms with Crippen LogP contribution in [0.3, 0.4) is 0 Å². The third-order valence-electron chi connectivity index (χ3n) is 0. The van der Waals surface area contributed by atoms with Gasteiger partial charge in [0.1, 0.15) is 0 Å². The smallest absolute Gasteiger partial charge is 1.00 e. The molecule has 0 saturated heterocycles. The standard InChI is InChI=1S/Cu.Mg.2H2O4S.2H/c;;2*1-5(2,3)4;;/h;;2*(H2,1,2,3,4);;/q;+2;;;2*-1. The van der Waals surface area contributed by atoms with Crippen LogP contribution in [0.5, 0.6) is 0 Å². The van der Waals surface area contributed by atoms with Gasteiger partial charge in [0.2, 0.25) is 0 Å². The summed E-state index contributed by atoms with van der Waals surface area (Å²) >= 11 is 0. The van der Waals surface area contributed by atoms with Crippen LogP contribution in [-0.4, -0.2) is 58.1 Å². The average molecular weight is 286 g/mol. The van der Waals surface area contributed by atoms with Crippen molar-refractivity contribution in [3.05, 3.63) is 0 Å². The van der Waals surface area contributed by atoms with Gasteiger partial charge >= 0.3 is 43.9 Å². The van der Waals surface area contributed by atoms with E-state index in [9.17, 15) is 0 Å². The number of hydrogen-bond donors (Lipinski definition) is 4.